The first-order valence-corrected chi connectivity index (χ1v) is 7.15. The molecule has 1 aromatic rings. The minimum absolute atomic E-state index is 0.685. The molecule has 19 heavy (non-hydrogen) atoms. The fraction of sp³-hybridized carbons (Fsp3) is 0.769. The first-order valence-electron chi connectivity index (χ1n) is 7.15. The number of anilines is 2. The molecule has 0 aliphatic carbocycles. The van der Waals surface area contributed by atoms with E-state index >= 15 is 0 Å². The van der Waals surface area contributed by atoms with Crippen LogP contribution in [0.4, 0.5) is 11.9 Å². The van der Waals surface area contributed by atoms with Crippen LogP contribution in [0.5, 0.6) is 0 Å². The molecule has 1 saturated heterocycles. The molecule has 0 unspecified atom stereocenters. The maximum atomic E-state index is 5.37. The van der Waals surface area contributed by atoms with Gasteiger partial charge in [-0.15, -0.1) is 0 Å². The Morgan fingerprint density at radius 1 is 1.16 bits per heavy atom. The predicted octanol–water partition coefficient (Wildman–Crippen LogP) is 1.48. The van der Waals surface area contributed by atoms with E-state index in [0.29, 0.717) is 5.95 Å². The first-order chi connectivity index (χ1) is 9.33. The first kappa shape index (κ1) is 14.0. The Morgan fingerprint density at radius 3 is 2.63 bits per heavy atom. The quantitative estimate of drug-likeness (QED) is 0.840. The molecular formula is C13H23N5O. The van der Waals surface area contributed by atoms with Gasteiger partial charge >= 0.3 is 0 Å². The Hall–Kier alpha value is -1.43. The van der Waals surface area contributed by atoms with Crippen molar-refractivity contribution in [1.82, 2.24) is 15.0 Å². The monoisotopic (exact) mass is 265 g/mol. The lowest BCUT2D eigenvalue weighted by molar-refractivity contribution is 0.122. The largest absolute Gasteiger partial charge is 0.378 e. The average Bonchev–Trinajstić information content (AvgIpc) is 2.46. The Balaban J connectivity index is 2.17. The molecule has 6 heteroatoms. The van der Waals surface area contributed by atoms with E-state index in [-0.39, 0.29) is 0 Å². The Kier molecular flexibility index (Phi) is 5.32. The van der Waals surface area contributed by atoms with Crippen molar-refractivity contribution >= 4 is 11.9 Å². The van der Waals surface area contributed by atoms with Crippen molar-refractivity contribution in [3.8, 4) is 0 Å². The van der Waals surface area contributed by atoms with Gasteiger partial charge in [-0.3, -0.25) is 0 Å². The summed E-state index contributed by atoms with van der Waals surface area (Å²) in [7, 11) is 0. The predicted molar refractivity (Wildman–Crippen MR) is 75.6 cm³/mol. The third-order valence-electron chi connectivity index (χ3n) is 3.05. The van der Waals surface area contributed by atoms with E-state index in [1.807, 2.05) is 6.92 Å². The zero-order chi connectivity index (χ0) is 13.5. The maximum absolute atomic E-state index is 5.37. The molecule has 0 radical (unpaired) electrons. The van der Waals surface area contributed by atoms with Crippen molar-refractivity contribution < 1.29 is 4.74 Å². The average molecular weight is 265 g/mol. The lowest BCUT2D eigenvalue weighted by Gasteiger charge is -2.27. The van der Waals surface area contributed by atoms with Crippen LogP contribution in [0, 0.1) is 0 Å². The molecule has 0 amide bonds. The van der Waals surface area contributed by atoms with E-state index in [1.165, 1.54) is 0 Å². The topological polar surface area (TPSA) is 63.2 Å². The Morgan fingerprint density at radius 2 is 1.95 bits per heavy atom. The lowest BCUT2D eigenvalue weighted by Crippen LogP contribution is -2.37. The van der Waals surface area contributed by atoms with Gasteiger partial charge in [-0.2, -0.15) is 15.0 Å². The molecule has 1 N–H and O–H groups in total. The summed E-state index contributed by atoms with van der Waals surface area (Å²) < 4.78 is 5.37. The van der Waals surface area contributed by atoms with Crippen molar-refractivity contribution in [3.63, 3.8) is 0 Å². The van der Waals surface area contributed by atoms with Crippen LogP contribution in [-0.2, 0) is 11.2 Å². The second-order valence-electron chi connectivity index (χ2n) is 4.61. The summed E-state index contributed by atoms with van der Waals surface area (Å²) in [6.07, 6.45) is 3.17. The van der Waals surface area contributed by atoms with Crippen LogP contribution < -0.4 is 10.2 Å². The zero-order valence-corrected chi connectivity index (χ0v) is 11.9. The van der Waals surface area contributed by atoms with Gasteiger partial charge in [0.15, 0.2) is 0 Å². The fourth-order valence-corrected chi connectivity index (χ4v) is 2.00. The van der Waals surface area contributed by atoms with E-state index in [1.54, 1.807) is 0 Å². The van der Waals surface area contributed by atoms with Gasteiger partial charge in [-0.05, 0) is 13.3 Å². The smallest absolute Gasteiger partial charge is 0.230 e. The highest BCUT2D eigenvalue weighted by Gasteiger charge is 2.16. The van der Waals surface area contributed by atoms with Gasteiger partial charge in [0.1, 0.15) is 5.82 Å². The molecule has 1 aliphatic rings. The number of ether oxygens (including phenoxy) is 1. The third kappa shape index (κ3) is 4.02. The van der Waals surface area contributed by atoms with Crippen LogP contribution in [-0.4, -0.2) is 47.8 Å². The van der Waals surface area contributed by atoms with Gasteiger partial charge in [0.25, 0.3) is 0 Å². The number of aromatic nitrogens is 3. The second kappa shape index (κ2) is 7.23. The van der Waals surface area contributed by atoms with Crippen LogP contribution in [0.1, 0.15) is 32.5 Å². The molecule has 1 aromatic heterocycles. The van der Waals surface area contributed by atoms with Gasteiger partial charge in [-0.25, -0.2) is 0 Å². The minimum atomic E-state index is 0.685. The number of aryl methyl sites for hydroxylation is 1. The van der Waals surface area contributed by atoms with Crippen LogP contribution in [0.15, 0.2) is 0 Å². The summed E-state index contributed by atoms with van der Waals surface area (Å²) in [6, 6.07) is 0. The number of unbranched alkanes of at least 4 members (excludes halogenated alkanes) is 1. The fourth-order valence-electron chi connectivity index (χ4n) is 2.00. The summed E-state index contributed by atoms with van der Waals surface area (Å²) in [6.45, 7) is 8.23. The second-order valence-corrected chi connectivity index (χ2v) is 4.61. The van der Waals surface area contributed by atoms with E-state index < -0.39 is 0 Å². The molecule has 1 fully saturated rings. The van der Waals surface area contributed by atoms with Gasteiger partial charge in [0.05, 0.1) is 13.2 Å². The lowest BCUT2D eigenvalue weighted by atomic mass is 10.2. The highest BCUT2D eigenvalue weighted by molar-refractivity contribution is 5.37. The van der Waals surface area contributed by atoms with Crippen molar-refractivity contribution in [2.24, 2.45) is 0 Å². The highest BCUT2D eigenvalue weighted by atomic mass is 16.5. The number of morpholine rings is 1. The van der Waals surface area contributed by atoms with Crippen molar-refractivity contribution in [1.29, 1.82) is 0 Å². The standard InChI is InChI=1S/C13H23N5O/c1-3-5-6-11-15-12(14-4-2)17-13(16-11)18-7-9-19-10-8-18/h3-10H2,1-2H3,(H,14,15,16,17). The molecule has 2 rings (SSSR count). The van der Waals surface area contributed by atoms with E-state index in [0.717, 1.165) is 63.9 Å². The summed E-state index contributed by atoms with van der Waals surface area (Å²) in [4.78, 5) is 15.7. The van der Waals surface area contributed by atoms with Gasteiger partial charge in [0, 0.05) is 26.1 Å². The zero-order valence-electron chi connectivity index (χ0n) is 11.9. The van der Waals surface area contributed by atoms with Crippen LogP contribution in [0.3, 0.4) is 0 Å². The molecule has 106 valence electrons. The number of nitrogens with one attached hydrogen (secondary N) is 1. The highest BCUT2D eigenvalue weighted by Crippen LogP contribution is 2.13. The SMILES string of the molecule is CCCCc1nc(NCC)nc(N2CCOCC2)n1. The van der Waals surface area contributed by atoms with Crippen LogP contribution in [0.25, 0.3) is 0 Å². The van der Waals surface area contributed by atoms with Gasteiger partial charge < -0.3 is 15.0 Å². The summed E-state index contributed by atoms with van der Waals surface area (Å²) in [5.41, 5.74) is 0. The molecule has 0 spiro atoms. The van der Waals surface area contributed by atoms with Crippen LogP contribution in [0.2, 0.25) is 0 Å². The molecule has 0 aromatic carbocycles. The van der Waals surface area contributed by atoms with Crippen molar-refractivity contribution in [2.75, 3.05) is 43.1 Å². The normalized spacial score (nSPS) is 15.6. The molecule has 0 bridgehead atoms. The van der Waals surface area contributed by atoms with Crippen molar-refractivity contribution in [3.05, 3.63) is 5.82 Å². The van der Waals surface area contributed by atoms with E-state index in [4.69, 9.17) is 4.74 Å². The maximum Gasteiger partial charge on any atom is 0.230 e. The molecular weight excluding hydrogens is 242 g/mol. The number of rotatable bonds is 6. The number of hydrogen-bond donors (Lipinski definition) is 1. The van der Waals surface area contributed by atoms with Gasteiger partial charge in [-0.1, -0.05) is 13.3 Å². The molecule has 0 atom stereocenters. The molecule has 2 heterocycles. The molecule has 6 nitrogen and oxygen atoms in total. The van der Waals surface area contributed by atoms with Crippen molar-refractivity contribution in [2.45, 2.75) is 33.1 Å². The summed E-state index contributed by atoms with van der Waals surface area (Å²) >= 11 is 0. The van der Waals surface area contributed by atoms with Gasteiger partial charge in [0.2, 0.25) is 11.9 Å². The molecule has 0 saturated carbocycles. The molecule has 1 aliphatic heterocycles. The van der Waals surface area contributed by atoms with E-state index in [2.05, 4.69) is 32.1 Å². The Labute approximate surface area is 114 Å². The summed E-state index contributed by atoms with van der Waals surface area (Å²) in [5.74, 6) is 2.35. The number of nitrogens with zero attached hydrogens (tertiary/aromatic N) is 4. The Bertz CT molecular complexity index is 393. The minimum Gasteiger partial charge on any atom is -0.378 e. The summed E-state index contributed by atoms with van der Waals surface area (Å²) in [5, 5.41) is 3.18. The van der Waals surface area contributed by atoms with E-state index in [9.17, 15) is 0 Å². The third-order valence-corrected chi connectivity index (χ3v) is 3.05. The van der Waals surface area contributed by atoms with Crippen LogP contribution >= 0.6 is 0 Å². The number of hydrogen-bond acceptors (Lipinski definition) is 6.